The largest absolute Gasteiger partial charge is 0.394 e. The van der Waals surface area contributed by atoms with E-state index in [0.29, 0.717) is 5.92 Å². The van der Waals surface area contributed by atoms with E-state index in [-0.39, 0.29) is 12.6 Å². The Bertz CT molecular complexity index is 273. The average Bonchev–Trinajstić information content (AvgIpc) is 2.61. The maximum Gasteiger partial charge on any atom is 0.183 e. The lowest BCUT2D eigenvalue weighted by atomic mass is 10.1. The molecule has 0 saturated carbocycles. The first-order valence-corrected chi connectivity index (χ1v) is 5.87. The first-order chi connectivity index (χ1) is 6.67. The fourth-order valence-electron chi connectivity index (χ4n) is 1.12. The quantitative estimate of drug-likeness (QED) is 0.789. The minimum atomic E-state index is 0.103. The lowest BCUT2D eigenvalue weighted by Crippen LogP contribution is -2.29. The molecule has 0 spiro atoms. The molecular weight excluding hydrogens is 196 g/mol. The van der Waals surface area contributed by atoms with Gasteiger partial charge in [0.2, 0.25) is 0 Å². The van der Waals surface area contributed by atoms with E-state index in [0.717, 1.165) is 17.2 Å². The Kier molecular flexibility index (Phi) is 4.35. The summed E-state index contributed by atoms with van der Waals surface area (Å²) >= 11 is 1.60. The molecule has 0 aliphatic rings. The molecule has 3 nitrogen and oxygen atoms in total. The molecule has 1 atom stereocenters. The molecule has 1 aromatic rings. The molecule has 0 bridgehead atoms. The Labute approximate surface area is 89.2 Å². The van der Waals surface area contributed by atoms with E-state index in [9.17, 15) is 0 Å². The number of aromatic nitrogens is 1. The van der Waals surface area contributed by atoms with E-state index >= 15 is 0 Å². The summed E-state index contributed by atoms with van der Waals surface area (Å²) in [5.41, 5.74) is 1.11. The Balaban J connectivity index is 2.57. The molecule has 2 N–H and O–H groups in total. The van der Waals surface area contributed by atoms with Crippen molar-refractivity contribution < 1.29 is 5.11 Å². The van der Waals surface area contributed by atoms with Crippen molar-refractivity contribution in [2.45, 2.75) is 33.2 Å². The topological polar surface area (TPSA) is 45.1 Å². The summed E-state index contributed by atoms with van der Waals surface area (Å²) in [6.45, 7) is 6.41. The standard InChI is InChI=1S/C10H18N2OS/c1-4-8-6-14-10(11-8)12-9(5-13)7(2)3/h6-7,9,13H,4-5H2,1-3H3,(H,11,12). The Hall–Kier alpha value is -0.610. The van der Waals surface area contributed by atoms with E-state index < -0.39 is 0 Å². The minimum absolute atomic E-state index is 0.103. The van der Waals surface area contributed by atoms with Gasteiger partial charge in [0.1, 0.15) is 0 Å². The highest BCUT2D eigenvalue weighted by molar-refractivity contribution is 7.13. The molecule has 14 heavy (non-hydrogen) atoms. The summed E-state index contributed by atoms with van der Waals surface area (Å²) in [5, 5.41) is 15.3. The summed E-state index contributed by atoms with van der Waals surface area (Å²) < 4.78 is 0. The smallest absolute Gasteiger partial charge is 0.183 e. The number of thiazole rings is 1. The van der Waals surface area contributed by atoms with Crippen LogP contribution in [0, 0.1) is 5.92 Å². The van der Waals surface area contributed by atoms with Gasteiger partial charge in [0.25, 0.3) is 0 Å². The predicted octanol–water partition coefficient (Wildman–Crippen LogP) is 2.13. The number of nitrogens with zero attached hydrogens (tertiary/aromatic N) is 1. The van der Waals surface area contributed by atoms with E-state index in [1.807, 2.05) is 0 Å². The van der Waals surface area contributed by atoms with Crippen LogP contribution in [0.1, 0.15) is 26.5 Å². The van der Waals surface area contributed by atoms with Crippen molar-refractivity contribution in [1.82, 2.24) is 4.98 Å². The van der Waals surface area contributed by atoms with Gasteiger partial charge >= 0.3 is 0 Å². The number of nitrogens with one attached hydrogen (secondary N) is 1. The molecule has 1 rings (SSSR count). The van der Waals surface area contributed by atoms with Gasteiger partial charge in [0, 0.05) is 5.38 Å². The number of aryl methyl sites for hydroxylation is 1. The van der Waals surface area contributed by atoms with Crippen LogP contribution < -0.4 is 5.32 Å². The van der Waals surface area contributed by atoms with E-state index in [2.05, 4.69) is 36.5 Å². The molecule has 0 aliphatic carbocycles. The number of anilines is 1. The average molecular weight is 214 g/mol. The van der Waals surface area contributed by atoms with Crippen molar-refractivity contribution in [3.8, 4) is 0 Å². The number of aliphatic hydroxyl groups excluding tert-OH is 1. The molecule has 0 amide bonds. The van der Waals surface area contributed by atoms with E-state index in [1.165, 1.54) is 0 Å². The molecule has 0 aromatic carbocycles. The highest BCUT2D eigenvalue weighted by Gasteiger charge is 2.13. The normalized spacial score (nSPS) is 13.2. The number of aliphatic hydroxyl groups is 1. The molecule has 0 aliphatic heterocycles. The van der Waals surface area contributed by atoms with Crippen molar-refractivity contribution in [3.63, 3.8) is 0 Å². The molecule has 1 aromatic heterocycles. The molecule has 0 saturated heterocycles. The van der Waals surface area contributed by atoms with Crippen LogP contribution in [0.5, 0.6) is 0 Å². The summed E-state index contributed by atoms with van der Waals surface area (Å²) in [7, 11) is 0. The molecule has 80 valence electrons. The summed E-state index contributed by atoms with van der Waals surface area (Å²) in [5.74, 6) is 0.411. The summed E-state index contributed by atoms with van der Waals surface area (Å²) in [4.78, 5) is 4.40. The van der Waals surface area contributed by atoms with Gasteiger partial charge in [-0.15, -0.1) is 11.3 Å². The molecule has 0 radical (unpaired) electrons. The third kappa shape index (κ3) is 2.96. The first kappa shape index (κ1) is 11.5. The van der Waals surface area contributed by atoms with Crippen molar-refractivity contribution in [1.29, 1.82) is 0 Å². The summed E-state index contributed by atoms with van der Waals surface area (Å²) in [6, 6.07) is 0.103. The maximum atomic E-state index is 9.14. The van der Waals surface area contributed by atoms with Crippen LogP contribution in [0.2, 0.25) is 0 Å². The second-order valence-corrected chi connectivity index (χ2v) is 4.53. The van der Waals surface area contributed by atoms with Crippen molar-refractivity contribution in [2.75, 3.05) is 11.9 Å². The molecule has 0 fully saturated rings. The molecular formula is C10H18N2OS. The first-order valence-electron chi connectivity index (χ1n) is 4.99. The second-order valence-electron chi connectivity index (χ2n) is 3.67. The van der Waals surface area contributed by atoms with Gasteiger partial charge in [-0.05, 0) is 12.3 Å². The van der Waals surface area contributed by atoms with Crippen LogP contribution in [0.25, 0.3) is 0 Å². The van der Waals surface area contributed by atoms with Crippen molar-refractivity contribution in [2.24, 2.45) is 5.92 Å². The third-order valence-electron chi connectivity index (χ3n) is 2.22. The summed E-state index contributed by atoms with van der Waals surface area (Å²) in [6.07, 6.45) is 0.962. The lowest BCUT2D eigenvalue weighted by molar-refractivity contribution is 0.249. The number of hydrogen-bond acceptors (Lipinski definition) is 4. The van der Waals surface area contributed by atoms with Gasteiger partial charge in [-0.3, -0.25) is 0 Å². The van der Waals surface area contributed by atoms with Gasteiger partial charge in [-0.1, -0.05) is 20.8 Å². The monoisotopic (exact) mass is 214 g/mol. The lowest BCUT2D eigenvalue weighted by Gasteiger charge is -2.18. The molecule has 4 heteroatoms. The number of hydrogen-bond donors (Lipinski definition) is 2. The number of rotatable bonds is 5. The van der Waals surface area contributed by atoms with Crippen LogP contribution in [0.3, 0.4) is 0 Å². The minimum Gasteiger partial charge on any atom is -0.394 e. The molecule has 1 heterocycles. The maximum absolute atomic E-state index is 9.14. The van der Waals surface area contributed by atoms with Crippen LogP contribution in [-0.2, 0) is 6.42 Å². The molecule has 1 unspecified atom stereocenters. The fraction of sp³-hybridized carbons (Fsp3) is 0.700. The SMILES string of the molecule is CCc1csc(NC(CO)C(C)C)n1. The van der Waals surface area contributed by atoms with Crippen molar-refractivity contribution >= 4 is 16.5 Å². The van der Waals surface area contributed by atoms with Crippen LogP contribution in [0.15, 0.2) is 5.38 Å². The zero-order chi connectivity index (χ0) is 10.6. The van der Waals surface area contributed by atoms with Gasteiger partial charge in [0.15, 0.2) is 5.13 Å². The van der Waals surface area contributed by atoms with Gasteiger partial charge < -0.3 is 10.4 Å². The van der Waals surface area contributed by atoms with E-state index in [1.54, 1.807) is 11.3 Å². The fourth-order valence-corrected chi connectivity index (χ4v) is 1.97. The Morgan fingerprint density at radius 2 is 2.29 bits per heavy atom. The van der Waals surface area contributed by atoms with Crippen molar-refractivity contribution in [3.05, 3.63) is 11.1 Å². The van der Waals surface area contributed by atoms with Crippen LogP contribution >= 0.6 is 11.3 Å². The second kappa shape index (κ2) is 5.32. The predicted molar refractivity (Wildman–Crippen MR) is 60.8 cm³/mol. The van der Waals surface area contributed by atoms with Gasteiger partial charge in [0.05, 0.1) is 18.3 Å². The zero-order valence-corrected chi connectivity index (χ0v) is 9.77. The Morgan fingerprint density at radius 1 is 1.57 bits per heavy atom. The third-order valence-corrected chi connectivity index (χ3v) is 3.05. The van der Waals surface area contributed by atoms with Crippen LogP contribution in [0.4, 0.5) is 5.13 Å². The van der Waals surface area contributed by atoms with Gasteiger partial charge in [-0.2, -0.15) is 0 Å². The highest BCUT2D eigenvalue weighted by atomic mass is 32.1. The highest BCUT2D eigenvalue weighted by Crippen LogP contribution is 2.18. The van der Waals surface area contributed by atoms with Gasteiger partial charge in [-0.25, -0.2) is 4.98 Å². The Morgan fingerprint density at radius 3 is 2.71 bits per heavy atom. The van der Waals surface area contributed by atoms with Crippen LogP contribution in [-0.4, -0.2) is 22.7 Å². The van der Waals surface area contributed by atoms with E-state index in [4.69, 9.17) is 5.11 Å². The zero-order valence-electron chi connectivity index (χ0n) is 8.95.